The number of benzene rings is 1. The van der Waals surface area contributed by atoms with Crippen molar-refractivity contribution in [2.24, 2.45) is 0 Å². The van der Waals surface area contributed by atoms with E-state index in [4.69, 9.17) is 4.98 Å². The molecule has 122 valence electrons. The fraction of sp³-hybridized carbons (Fsp3) is 0.526. The lowest BCUT2D eigenvalue weighted by Crippen LogP contribution is -2.39. The van der Waals surface area contributed by atoms with E-state index in [0.717, 1.165) is 31.9 Å². The lowest BCUT2D eigenvalue weighted by atomic mass is 9.97. The average molecular weight is 310 g/mol. The fourth-order valence-corrected chi connectivity index (χ4v) is 3.62. The summed E-state index contributed by atoms with van der Waals surface area (Å²) in [6, 6.07) is 10.6. The van der Waals surface area contributed by atoms with Gasteiger partial charge in [-0.3, -0.25) is 0 Å². The summed E-state index contributed by atoms with van der Waals surface area (Å²) < 4.78 is 2.43. The van der Waals surface area contributed by atoms with Crippen LogP contribution >= 0.6 is 0 Å². The van der Waals surface area contributed by atoms with Crippen molar-refractivity contribution in [2.45, 2.75) is 31.7 Å². The SMILES string of the molecule is c1ccc(-c2cn(CCN3CCC3)c(C3CCNCC3)n2)cc1. The van der Waals surface area contributed by atoms with E-state index in [2.05, 4.69) is 51.3 Å². The van der Waals surface area contributed by atoms with Crippen LogP contribution in [0.5, 0.6) is 0 Å². The topological polar surface area (TPSA) is 33.1 Å². The van der Waals surface area contributed by atoms with Crippen LogP contribution < -0.4 is 5.32 Å². The smallest absolute Gasteiger partial charge is 0.112 e. The van der Waals surface area contributed by atoms with E-state index in [0.29, 0.717) is 5.92 Å². The molecule has 1 aromatic carbocycles. The van der Waals surface area contributed by atoms with Crippen LogP contribution in [0.15, 0.2) is 36.5 Å². The summed E-state index contributed by atoms with van der Waals surface area (Å²) in [6.07, 6.45) is 6.04. The Hall–Kier alpha value is -1.65. The van der Waals surface area contributed by atoms with Crippen LogP contribution in [0.25, 0.3) is 11.3 Å². The third-order valence-corrected chi connectivity index (χ3v) is 5.19. The molecule has 0 spiro atoms. The van der Waals surface area contributed by atoms with Crippen LogP contribution in [0.3, 0.4) is 0 Å². The number of piperidine rings is 1. The van der Waals surface area contributed by atoms with E-state index in [-0.39, 0.29) is 0 Å². The second-order valence-electron chi connectivity index (χ2n) is 6.76. The third-order valence-electron chi connectivity index (χ3n) is 5.19. The van der Waals surface area contributed by atoms with Gasteiger partial charge in [0.05, 0.1) is 5.69 Å². The molecule has 0 bridgehead atoms. The maximum Gasteiger partial charge on any atom is 0.112 e. The number of rotatable bonds is 5. The molecule has 0 aliphatic carbocycles. The van der Waals surface area contributed by atoms with E-state index in [1.165, 1.54) is 43.7 Å². The molecule has 2 fully saturated rings. The minimum atomic E-state index is 0.602. The summed E-state index contributed by atoms with van der Waals surface area (Å²) in [7, 11) is 0. The van der Waals surface area contributed by atoms with Gasteiger partial charge in [0, 0.05) is 30.8 Å². The van der Waals surface area contributed by atoms with Crippen molar-refractivity contribution < 1.29 is 0 Å². The summed E-state index contributed by atoms with van der Waals surface area (Å²) in [5.74, 6) is 1.90. The zero-order chi connectivity index (χ0) is 15.5. The highest BCUT2D eigenvalue weighted by Crippen LogP contribution is 2.28. The first kappa shape index (κ1) is 14.9. The van der Waals surface area contributed by atoms with Gasteiger partial charge in [-0.15, -0.1) is 0 Å². The summed E-state index contributed by atoms with van der Waals surface area (Å²) in [5.41, 5.74) is 2.35. The molecule has 4 nitrogen and oxygen atoms in total. The van der Waals surface area contributed by atoms with Crippen molar-refractivity contribution in [1.82, 2.24) is 19.8 Å². The molecule has 23 heavy (non-hydrogen) atoms. The molecule has 0 radical (unpaired) electrons. The van der Waals surface area contributed by atoms with E-state index in [9.17, 15) is 0 Å². The number of hydrogen-bond acceptors (Lipinski definition) is 3. The van der Waals surface area contributed by atoms with Crippen molar-refractivity contribution in [3.8, 4) is 11.3 Å². The summed E-state index contributed by atoms with van der Waals surface area (Å²) >= 11 is 0. The van der Waals surface area contributed by atoms with Crippen LogP contribution in [0.2, 0.25) is 0 Å². The number of nitrogens with zero attached hydrogens (tertiary/aromatic N) is 3. The van der Waals surface area contributed by atoms with Crippen LogP contribution in [0, 0.1) is 0 Å². The molecule has 2 saturated heterocycles. The maximum absolute atomic E-state index is 5.04. The maximum atomic E-state index is 5.04. The van der Waals surface area contributed by atoms with Crippen LogP contribution in [0.1, 0.15) is 31.0 Å². The molecule has 3 heterocycles. The fourth-order valence-electron chi connectivity index (χ4n) is 3.62. The quantitative estimate of drug-likeness (QED) is 0.922. The largest absolute Gasteiger partial charge is 0.333 e. The number of imidazole rings is 1. The van der Waals surface area contributed by atoms with Gasteiger partial charge in [-0.25, -0.2) is 4.98 Å². The van der Waals surface area contributed by atoms with Crippen molar-refractivity contribution in [1.29, 1.82) is 0 Å². The van der Waals surface area contributed by atoms with Gasteiger partial charge < -0.3 is 14.8 Å². The van der Waals surface area contributed by atoms with Crippen molar-refractivity contribution in [3.63, 3.8) is 0 Å². The van der Waals surface area contributed by atoms with Crippen LogP contribution in [-0.4, -0.2) is 47.2 Å². The molecular weight excluding hydrogens is 284 g/mol. The number of hydrogen-bond donors (Lipinski definition) is 1. The zero-order valence-electron chi connectivity index (χ0n) is 13.7. The Morgan fingerprint density at radius 3 is 2.52 bits per heavy atom. The Morgan fingerprint density at radius 2 is 1.83 bits per heavy atom. The zero-order valence-corrected chi connectivity index (χ0v) is 13.7. The molecule has 4 heteroatoms. The predicted molar refractivity (Wildman–Crippen MR) is 93.6 cm³/mol. The molecule has 0 unspecified atom stereocenters. The van der Waals surface area contributed by atoms with Gasteiger partial charge in [0.1, 0.15) is 5.82 Å². The van der Waals surface area contributed by atoms with Crippen molar-refractivity contribution >= 4 is 0 Å². The number of nitrogens with one attached hydrogen (secondary N) is 1. The molecule has 0 amide bonds. The molecule has 2 aliphatic heterocycles. The van der Waals surface area contributed by atoms with E-state index >= 15 is 0 Å². The summed E-state index contributed by atoms with van der Waals surface area (Å²) in [6.45, 7) is 6.99. The van der Waals surface area contributed by atoms with Gasteiger partial charge in [0.25, 0.3) is 0 Å². The van der Waals surface area contributed by atoms with Gasteiger partial charge >= 0.3 is 0 Å². The molecule has 2 aliphatic rings. The molecule has 4 rings (SSSR count). The number of aromatic nitrogens is 2. The average Bonchev–Trinajstić information content (AvgIpc) is 2.99. The summed E-state index contributed by atoms with van der Waals surface area (Å²) in [4.78, 5) is 7.58. The second kappa shape index (κ2) is 6.85. The standard InChI is InChI=1S/C19H26N4/c1-2-5-16(6-3-1)18-15-23(14-13-22-11-4-12-22)19(21-18)17-7-9-20-10-8-17/h1-3,5-6,15,17,20H,4,7-14H2. The van der Waals surface area contributed by atoms with Crippen molar-refractivity contribution in [3.05, 3.63) is 42.4 Å². The van der Waals surface area contributed by atoms with Crippen LogP contribution in [-0.2, 0) is 6.54 Å². The first-order valence-corrected chi connectivity index (χ1v) is 8.96. The second-order valence-corrected chi connectivity index (χ2v) is 6.76. The van der Waals surface area contributed by atoms with Gasteiger partial charge in [-0.1, -0.05) is 30.3 Å². The molecular formula is C19H26N4. The molecule has 0 atom stereocenters. The molecule has 1 aromatic heterocycles. The first-order valence-electron chi connectivity index (χ1n) is 8.96. The predicted octanol–water partition coefficient (Wildman–Crippen LogP) is 2.72. The van der Waals surface area contributed by atoms with E-state index in [1.54, 1.807) is 0 Å². The lowest BCUT2D eigenvalue weighted by Gasteiger charge is -2.31. The minimum absolute atomic E-state index is 0.602. The van der Waals surface area contributed by atoms with E-state index < -0.39 is 0 Å². The van der Waals surface area contributed by atoms with Crippen molar-refractivity contribution in [2.75, 3.05) is 32.7 Å². The van der Waals surface area contributed by atoms with Gasteiger partial charge in [-0.2, -0.15) is 0 Å². The highest BCUT2D eigenvalue weighted by atomic mass is 15.2. The Kier molecular flexibility index (Phi) is 4.44. The van der Waals surface area contributed by atoms with Gasteiger partial charge in [0.2, 0.25) is 0 Å². The Balaban J connectivity index is 1.59. The first-order chi connectivity index (χ1) is 11.4. The normalized spacial score (nSPS) is 19.7. The molecule has 0 saturated carbocycles. The Morgan fingerprint density at radius 1 is 1.04 bits per heavy atom. The van der Waals surface area contributed by atoms with Crippen LogP contribution in [0.4, 0.5) is 0 Å². The van der Waals surface area contributed by atoms with Gasteiger partial charge in [-0.05, 0) is 45.4 Å². The third kappa shape index (κ3) is 3.33. The summed E-state index contributed by atoms with van der Waals surface area (Å²) in [5, 5.41) is 3.47. The highest BCUT2D eigenvalue weighted by molar-refractivity contribution is 5.58. The minimum Gasteiger partial charge on any atom is -0.333 e. The molecule has 1 N–H and O–H groups in total. The lowest BCUT2D eigenvalue weighted by molar-refractivity contribution is 0.173. The van der Waals surface area contributed by atoms with E-state index in [1.807, 2.05) is 0 Å². The number of likely N-dealkylation sites (tertiary alicyclic amines) is 1. The Bertz CT molecular complexity index is 624. The monoisotopic (exact) mass is 310 g/mol. The Labute approximate surface area is 138 Å². The highest BCUT2D eigenvalue weighted by Gasteiger charge is 2.22. The van der Waals surface area contributed by atoms with Gasteiger partial charge in [0.15, 0.2) is 0 Å². The molecule has 2 aromatic rings.